The van der Waals surface area contributed by atoms with E-state index >= 15 is 0 Å². The summed E-state index contributed by atoms with van der Waals surface area (Å²) in [6, 6.07) is 7.34. The number of imide groups is 1. The Balaban J connectivity index is 1.92. The molecule has 3 amide bonds. The molecule has 0 radical (unpaired) electrons. The lowest BCUT2D eigenvalue weighted by Crippen LogP contribution is -2.37. The zero-order valence-corrected chi connectivity index (χ0v) is 13.5. The Bertz CT molecular complexity index is 822. The summed E-state index contributed by atoms with van der Waals surface area (Å²) in [7, 11) is 0. The Morgan fingerprint density at radius 3 is 2.46 bits per heavy atom. The Morgan fingerprint density at radius 1 is 1.12 bits per heavy atom. The summed E-state index contributed by atoms with van der Waals surface area (Å²) in [6.45, 7) is 0.759. The molecule has 0 aliphatic rings. The molecule has 0 spiro atoms. The molecule has 2 rings (SSSR count). The van der Waals surface area contributed by atoms with Gasteiger partial charge in [-0.2, -0.15) is 13.2 Å². The fraction of sp³-hybridized carbons (Fsp3) is 0.176. The van der Waals surface area contributed by atoms with Crippen molar-refractivity contribution in [2.24, 2.45) is 0 Å². The van der Waals surface area contributed by atoms with Crippen molar-refractivity contribution >= 4 is 17.6 Å². The van der Waals surface area contributed by atoms with Crippen LogP contribution in [0.25, 0.3) is 0 Å². The number of amides is 3. The van der Waals surface area contributed by atoms with E-state index in [9.17, 15) is 27.2 Å². The third kappa shape index (κ3) is 5.47. The van der Waals surface area contributed by atoms with Crippen molar-refractivity contribution in [2.75, 3.05) is 11.9 Å². The zero-order valence-electron chi connectivity index (χ0n) is 13.5. The molecule has 0 aliphatic heterocycles. The molecule has 2 N–H and O–H groups in total. The maximum absolute atomic E-state index is 13.4. The predicted molar refractivity (Wildman–Crippen MR) is 85.2 cm³/mol. The maximum atomic E-state index is 13.4. The lowest BCUT2D eigenvalue weighted by atomic mass is 10.1. The topological polar surface area (TPSA) is 67.4 Å². The minimum Gasteiger partial charge on any atom is -0.484 e. The standard InChI is InChI=1S/C17H14F4N2O3/c1-10-6-11(17(19,20)21)8-12(7-10)26-9-15(24)23-16(25)22-14-5-3-2-4-13(14)18/h2-8H,9H2,1H3,(H2,22,23,24,25). The van der Waals surface area contributed by atoms with Crippen LogP contribution in [0.5, 0.6) is 5.75 Å². The first-order chi connectivity index (χ1) is 12.1. The monoisotopic (exact) mass is 370 g/mol. The smallest absolute Gasteiger partial charge is 0.416 e. The Labute approximate surface area is 146 Å². The van der Waals surface area contributed by atoms with Gasteiger partial charge < -0.3 is 10.1 Å². The number of carbonyl (C=O) groups is 2. The van der Waals surface area contributed by atoms with Crippen LogP contribution >= 0.6 is 0 Å². The number of halogens is 4. The van der Waals surface area contributed by atoms with Crippen LogP contribution in [0.1, 0.15) is 11.1 Å². The fourth-order valence-electron chi connectivity index (χ4n) is 2.02. The Hall–Kier alpha value is -3.10. The Morgan fingerprint density at radius 2 is 1.81 bits per heavy atom. The summed E-state index contributed by atoms with van der Waals surface area (Å²) in [5, 5.41) is 4.01. The van der Waals surface area contributed by atoms with E-state index < -0.39 is 36.1 Å². The van der Waals surface area contributed by atoms with Crippen LogP contribution < -0.4 is 15.4 Å². The highest BCUT2D eigenvalue weighted by Crippen LogP contribution is 2.32. The van der Waals surface area contributed by atoms with Gasteiger partial charge >= 0.3 is 12.2 Å². The van der Waals surface area contributed by atoms with E-state index in [1.165, 1.54) is 31.2 Å². The van der Waals surface area contributed by atoms with Crippen LogP contribution in [-0.4, -0.2) is 18.5 Å². The molecule has 2 aromatic carbocycles. The van der Waals surface area contributed by atoms with E-state index in [2.05, 4.69) is 5.32 Å². The van der Waals surface area contributed by atoms with Gasteiger partial charge in [-0.15, -0.1) is 0 Å². The van der Waals surface area contributed by atoms with Crippen LogP contribution in [0.2, 0.25) is 0 Å². The molecule has 0 fully saturated rings. The second-order valence-corrected chi connectivity index (χ2v) is 5.30. The van der Waals surface area contributed by atoms with E-state index in [1.54, 1.807) is 0 Å². The van der Waals surface area contributed by atoms with Crippen LogP contribution in [0.15, 0.2) is 42.5 Å². The van der Waals surface area contributed by atoms with Gasteiger partial charge in [0.2, 0.25) is 0 Å². The van der Waals surface area contributed by atoms with Gasteiger partial charge in [0.05, 0.1) is 11.3 Å². The zero-order chi connectivity index (χ0) is 19.3. The Kier molecular flexibility index (Phi) is 5.81. The number of anilines is 1. The molecule has 26 heavy (non-hydrogen) atoms. The van der Waals surface area contributed by atoms with Crippen LogP contribution in [0, 0.1) is 12.7 Å². The highest BCUT2D eigenvalue weighted by atomic mass is 19.4. The van der Waals surface area contributed by atoms with Gasteiger partial charge in [0.25, 0.3) is 5.91 Å². The highest BCUT2D eigenvalue weighted by molar-refractivity contribution is 6.01. The number of benzene rings is 2. The number of rotatable bonds is 4. The van der Waals surface area contributed by atoms with E-state index in [0.717, 1.165) is 18.2 Å². The number of para-hydroxylation sites is 1. The van der Waals surface area contributed by atoms with Gasteiger partial charge in [-0.05, 0) is 42.8 Å². The molecule has 2 aromatic rings. The van der Waals surface area contributed by atoms with Gasteiger partial charge in [-0.25, -0.2) is 9.18 Å². The molecular formula is C17H14F4N2O3. The molecule has 138 valence electrons. The van der Waals surface area contributed by atoms with E-state index in [1.807, 2.05) is 5.32 Å². The third-order valence-electron chi connectivity index (χ3n) is 3.12. The molecule has 0 saturated heterocycles. The summed E-state index contributed by atoms with van der Waals surface area (Å²) >= 11 is 0. The van der Waals surface area contributed by atoms with Crippen molar-refractivity contribution in [2.45, 2.75) is 13.1 Å². The minimum atomic E-state index is -4.55. The summed E-state index contributed by atoms with van der Waals surface area (Å²) in [5.74, 6) is -1.76. The summed E-state index contributed by atoms with van der Waals surface area (Å²) in [5.41, 5.74) is -0.745. The minimum absolute atomic E-state index is 0.132. The quantitative estimate of drug-likeness (QED) is 0.803. The fourth-order valence-corrected chi connectivity index (χ4v) is 2.02. The second-order valence-electron chi connectivity index (χ2n) is 5.30. The van der Waals surface area contributed by atoms with Crippen molar-refractivity contribution in [1.82, 2.24) is 5.32 Å². The van der Waals surface area contributed by atoms with Crippen molar-refractivity contribution in [1.29, 1.82) is 0 Å². The number of urea groups is 1. The molecule has 5 nitrogen and oxygen atoms in total. The van der Waals surface area contributed by atoms with E-state index in [4.69, 9.17) is 4.74 Å². The van der Waals surface area contributed by atoms with Gasteiger partial charge in [0, 0.05) is 0 Å². The average molecular weight is 370 g/mol. The number of hydrogen-bond acceptors (Lipinski definition) is 3. The predicted octanol–water partition coefficient (Wildman–Crippen LogP) is 3.88. The molecule has 9 heteroatoms. The molecule has 0 saturated carbocycles. The average Bonchev–Trinajstić information content (AvgIpc) is 2.54. The van der Waals surface area contributed by atoms with E-state index in [-0.39, 0.29) is 11.4 Å². The molecule has 0 bridgehead atoms. The molecule has 0 aliphatic carbocycles. The number of aryl methyl sites for hydroxylation is 1. The van der Waals surface area contributed by atoms with Gasteiger partial charge in [-0.3, -0.25) is 10.1 Å². The SMILES string of the molecule is Cc1cc(OCC(=O)NC(=O)Nc2ccccc2F)cc(C(F)(F)F)c1. The van der Waals surface area contributed by atoms with Gasteiger partial charge in [0.15, 0.2) is 6.61 Å². The third-order valence-corrected chi connectivity index (χ3v) is 3.12. The van der Waals surface area contributed by atoms with Crippen molar-refractivity contribution in [3.05, 3.63) is 59.4 Å². The summed E-state index contributed by atoms with van der Waals surface area (Å²) in [4.78, 5) is 23.3. The normalized spacial score (nSPS) is 11.0. The number of ether oxygens (including phenoxy) is 1. The number of carbonyl (C=O) groups excluding carboxylic acids is 2. The number of alkyl halides is 3. The first kappa shape index (κ1) is 19.2. The maximum Gasteiger partial charge on any atom is 0.416 e. The second kappa shape index (κ2) is 7.85. The lowest BCUT2D eigenvalue weighted by Gasteiger charge is -2.12. The lowest BCUT2D eigenvalue weighted by molar-refractivity contribution is -0.137. The summed E-state index contributed by atoms with van der Waals surface area (Å²) in [6.07, 6.45) is -4.55. The first-order valence-corrected chi connectivity index (χ1v) is 7.32. The first-order valence-electron chi connectivity index (χ1n) is 7.32. The number of nitrogens with one attached hydrogen (secondary N) is 2. The van der Waals surface area contributed by atoms with Crippen LogP contribution in [-0.2, 0) is 11.0 Å². The highest BCUT2D eigenvalue weighted by Gasteiger charge is 2.31. The summed E-state index contributed by atoms with van der Waals surface area (Å²) < 4.78 is 56.6. The van der Waals surface area contributed by atoms with Crippen molar-refractivity contribution in [3.8, 4) is 5.75 Å². The van der Waals surface area contributed by atoms with Gasteiger partial charge in [0.1, 0.15) is 11.6 Å². The van der Waals surface area contributed by atoms with Gasteiger partial charge in [-0.1, -0.05) is 12.1 Å². The van der Waals surface area contributed by atoms with Crippen LogP contribution in [0.4, 0.5) is 28.0 Å². The van der Waals surface area contributed by atoms with Crippen LogP contribution in [0.3, 0.4) is 0 Å². The van der Waals surface area contributed by atoms with Crippen molar-refractivity contribution in [3.63, 3.8) is 0 Å². The molecule has 0 heterocycles. The largest absolute Gasteiger partial charge is 0.484 e. The number of hydrogen-bond donors (Lipinski definition) is 2. The molecule has 0 atom stereocenters. The van der Waals surface area contributed by atoms with E-state index in [0.29, 0.717) is 5.56 Å². The molecule has 0 unspecified atom stereocenters. The van der Waals surface area contributed by atoms with Crippen molar-refractivity contribution < 1.29 is 31.9 Å². The molecule has 0 aromatic heterocycles. The molecular weight excluding hydrogens is 356 g/mol.